The molecule has 1 aromatic carbocycles. The number of amides is 1. The molecule has 1 aliphatic rings. The number of carbonyl (C=O) groups is 1. The fraction of sp³-hybridized carbons (Fsp3) is 0.389. The van der Waals surface area contributed by atoms with E-state index in [1.807, 2.05) is 30.3 Å². The Morgan fingerprint density at radius 1 is 1.30 bits per heavy atom. The summed E-state index contributed by atoms with van der Waals surface area (Å²) < 4.78 is 6.42. The molecule has 1 aliphatic heterocycles. The molecular weight excluding hydrogens is 354 g/mol. The number of benzene rings is 1. The minimum atomic E-state index is -0.941. The molecule has 3 rings (SSSR count). The molecule has 1 fully saturated rings. The van der Waals surface area contributed by atoms with Gasteiger partial charge in [-0.05, 0) is 5.56 Å². The lowest BCUT2D eigenvalue weighted by molar-refractivity contribution is 0.00114. The Hall–Kier alpha value is -2.75. The van der Waals surface area contributed by atoms with Gasteiger partial charge >= 0.3 is 5.69 Å². The lowest BCUT2D eigenvalue weighted by Gasteiger charge is -2.17. The second kappa shape index (κ2) is 8.30. The van der Waals surface area contributed by atoms with Crippen molar-refractivity contribution in [3.05, 3.63) is 68.5 Å². The fourth-order valence-electron chi connectivity index (χ4n) is 3.00. The summed E-state index contributed by atoms with van der Waals surface area (Å²) in [7, 11) is 0. The zero-order valence-electron chi connectivity index (χ0n) is 14.5. The minimum Gasteiger partial charge on any atom is -0.394 e. The van der Waals surface area contributed by atoms with Gasteiger partial charge in [0.1, 0.15) is 11.7 Å². The number of nitrogens with one attached hydrogen (secondary N) is 2. The van der Waals surface area contributed by atoms with Crippen molar-refractivity contribution in [2.24, 2.45) is 5.92 Å². The molecule has 1 amide bonds. The molecule has 1 aromatic heterocycles. The maximum atomic E-state index is 12.3. The summed E-state index contributed by atoms with van der Waals surface area (Å²) in [6.45, 7) is 0.122. The first-order chi connectivity index (χ1) is 13.0. The van der Waals surface area contributed by atoms with Gasteiger partial charge in [-0.3, -0.25) is 19.1 Å². The zero-order chi connectivity index (χ0) is 19.4. The lowest BCUT2D eigenvalue weighted by Crippen LogP contribution is -2.39. The third-order valence-electron chi connectivity index (χ3n) is 4.55. The Bertz CT molecular complexity index is 907. The number of aliphatic hydroxyl groups excluding tert-OH is 2. The summed E-state index contributed by atoms with van der Waals surface area (Å²) in [5, 5.41) is 21.9. The van der Waals surface area contributed by atoms with Crippen molar-refractivity contribution >= 4 is 5.91 Å². The van der Waals surface area contributed by atoms with E-state index in [0.29, 0.717) is 0 Å². The number of nitrogens with zero attached hydrogens (tertiary/aromatic N) is 1. The van der Waals surface area contributed by atoms with Crippen molar-refractivity contribution in [2.75, 3.05) is 13.2 Å². The molecule has 4 N–H and O–H groups in total. The van der Waals surface area contributed by atoms with Crippen molar-refractivity contribution in [3.8, 4) is 0 Å². The number of carbonyl (C=O) groups excluding carboxylic acids is 1. The van der Waals surface area contributed by atoms with Gasteiger partial charge in [0.25, 0.3) is 11.5 Å². The van der Waals surface area contributed by atoms with Crippen LogP contribution >= 0.6 is 0 Å². The van der Waals surface area contributed by atoms with Crippen molar-refractivity contribution in [1.29, 1.82) is 0 Å². The molecule has 1 saturated heterocycles. The molecule has 2 aromatic rings. The van der Waals surface area contributed by atoms with Gasteiger partial charge < -0.3 is 20.3 Å². The maximum Gasteiger partial charge on any atom is 0.328 e. The van der Waals surface area contributed by atoms with Gasteiger partial charge in [-0.15, -0.1) is 0 Å². The van der Waals surface area contributed by atoms with E-state index in [0.717, 1.165) is 10.1 Å². The van der Waals surface area contributed by atoms with Crippen LogP contribution in [0.3, 0.4) is 0 Å². The predicted molar refractivity (Wildman–Crippen MR) is 95.3 cm³/mol. The Balaban J connectivity index is 1.75. The number of H-pyrrole nitrogens is 1. The second-order valence-electron chi connectivity index (χ2n) is 6.43. The molecule has 0 bridgehead atoms. The lowest BCUT2D eigenvalue weighted by atomic mass is 10.0. The molecule has 9 heteroatoms. The first kappa shape index (κ1) is 19.0. The van der Waals surface area contributed by atoms with Crippen LogP contribution < -0.4 is 16.6 Å². The van der Waals surface area contributed by atoms with Crippen molar-refractivity contribution in [2.45, 2.75) is 25.3 Å². The second-order valence-corrected chi connectivity index (χ2v) is 6.43. The average Bonchev–Trinajstić information content (AvgIpc) is 3.02. The molecule has 27 heavy (non-hydrogen) atoms. The van der Waals surface area contributed by atoms with Gasteiger partial charge in [0.05, 0.1) is 19.3 Å². The summed E-state index contributed by atoms with van der Waals surface area (Å²) in [6, 6.07) is 9.20. The molecule has 2 unspecified atom stereocenters. The van der Waals surface area contributed by atoms with Crippen LogP contribution in [0.1, 0.15) is 15.9 Å². The number of aromatic nitrogens is 2. The smallest absolute Gasteiger partial charge is 0.328 e. The van der Waals surface area contributed by atoms with Crippen LogP contribution in [0.4, 0.5) is 0 Å². The summed E-state index contributed by atoms with van der Waals surface area (Å²) in [6.07, 6.45) is -0.466. The first-order valence-electron chi connectivity index (χ1n) is 8.56. The highest BCUT2D eigenvalue weighted by Crippen LogP contribution is 2.21. The summed E-state index contributed by atoms with van der Waals surface area (Å²) >= 11 is 0. The topological polar surface area (TPSA) is 134 Å². The minimum absolute atomic E-state index is 0.0479. The maximum absolute atomic E-state index is 12.3. The van der Waals surface area contributed by atoms with Crippen LogP contribution in [-0.4, -0.2) is 51.1 Å². The highest BCUT2D eigenvalue weighted by atomic mass is 16.5. The molecule has 3 atom stereocenters. The highest BCUT2D eigenvalue weighted by Gasteiger charge is 2.35. The summed E-state index contributed by atoms with van der Waals surface area (Å²) in [5.41, 5.74) is -0.785. The van der Waals surface area contributed by atoms with E-state index in [1.54, 1.807) is 0 Å². The van der Waals surface area contributed by atoms with Gasteiger partial charge in [-0.2, -0.15) is 0 Å². The molecule has 2 heterocycles. The molecule has 9 nitrogen and oxygen atoms in total. The normalized spacial score (nSPS) is 21.9. The van der Waals surface area contributed by atoms with Gasteiger partial charge in [-0.1, -0.05) is 30.3 Å². The number of aromatic amines is 1. The van der Waals surface area contributed by atoms with Crippen LogP contribution in [0.15, 0.2) is 46.1 Å². The molecule has 0 spiro atoms. The van der Waals surface area contributed by atoms with Crippen molar-refractivity contribution in [1.82, 2.24) is 14.9 Å². The van der Waals surface area contributed by atoms with E-state index >= 15 is 0 Å². The molecule has 0 aliphatic carbocycles. The third kappa shape index (κ3) is 4.33. The van der Waals surface area contributed by atoms with Gasteiger partial charge in [0, 0.05) is 25.2 Å². The van der Waals surface area contributed by atoms with Crippen molar-refractivity contribution < 1.29 is 19.7 Å². The van der Waals surface area contributed by atoms with E-state index in [2.05, 4.69) is 10.3 Å². The zero-order valence-corrected chi connectivity index (χ0v) is 14.5. The van der Waals surface area contributed by atoms with E-state index in [-0.39, 0.29) is 31.9 Å². The highest BCUT2D eigenvalue weighted by molar-refractivity contribution is 5.93. The number of ether oxygens (including phenoxy) is 1. The van der Waals surface area contributed by atoms with Crippen molar-refractivity contribution in [3.63, 3.8) is 0 Å². The summed E-state index contributed by atoms with van der Waals surface area (Å²) in [4.78, 5) is 38.5. The average molecular weight is 375 g/mol. The van der Waals surface area contributed by atoms with Gasteiger partial charge in [0.2, 0.25) is 0 Å². The first-order valence-corrected chi connectivity index (χ1v) is 8.56. The summed E-state index contributed by atoms with van der Waals surface area (Å²) in [5.74, 6) is -1.05. The quantitative estimate of drug-likeness (QED) is 0.503. The Morgan fingerprint density at radius 2 is 2.04 bits per heavy atom. The van der Waals surface area contributed by atoms with Crippen LogP contribution in [0.5, 0.6) is 0 Å². The van der Waals surface area contributed by atoms with Crippen LogP contribution in [0.2, 0.25) is 0 Å². The SMILES string of the molecule is O=C(NCc1ccccc1)c1cn(CC2CO[C@H](CO)C2O)c(=O)[nH]c1=O. The third-order valence-corrected chi connectivity index (χ3v) is 4.55. The standard InChI is InChI=1S/C18H21N3O6/c22-9-14-15(23)12(10-27-14)7-21-8-13(17(25)20-18(21)26)16(24)19-6-11-4-2-1-3-5-11/h1-5,8,12,14-15,22-23H,6-7,9-10H2,(H,19,24)(H,20,25,26)/t12?,14-,15?/m1/s1. The van der Waals surface area contributed by atoms with E-state index in [9.17, 15) is 19.5 Å². The number of rotatable bonds is 6. The van der Waals surface area contributed by atoms with Crippen LogP contribution in [0.25, 0.3) is 0 Å². The number of aliphatic hydroxyl groups is 2. The Morgan fingerprint density at radius 3 is 2.70 bits per heavy atom. The van der Waals surface area contributed by atoms with Crippen LogP contribution in [0, 0.1) is 5.92 Å². The van der Waals surface area contributed by atoms with Crippen LogP contribution in [-0.2, 0) is 17.8 Å². The Kier molecular flexibility index (Phi) is 5.84. The largest absolute Gasteiger partial charge is 0.394 e. The van der Waals surface area contributed by atoms with Gasteiger partial charge in [0.15, 0.2) is 0 Å². The Labute approximate surface area is 154 Å². The molecular formula is C18H21N3O6. The van der Waals surface area contributed by atoms with Gasteiger partial charge in [-0.25, -0.2) is 4.79 Å². The monoisotopic (exact) mass is 375 g/mol. The van der Waals surface area contributed by atoms with E-state index in [1.165, 1.54) is 6.20 Å². The van der Waals surface area contributed by atoms with E-state index in [4.69, 9.17) is 9.84 Å². The molecule has 0 saturated carbocycles. The van der Waals surface area contributed by atoms with E-state index < -0.39 is 35.3 Å². The number of hydrogen-bond donors (Lipinski definition) is 4. The molecule has 144 valence electrons. The number of hydrogen-bond acceptors (Lipinski definition) is 6. The predicted octanol–water partition coefficient (Wildman–Crippen LogP) is -1.17. The molecule has 0 radical (unpaired) electrons. The fourth-order valence-corrected chi connectivity index (χ4v) is 3.00.